The van der Waals surface area contributed by atoms with Crippen LogP contribution in [0.1, 0.15) is 213 Å². The second-order valence-corrected chi connectivity index (χ2v) is 25.5. The molecule has 5 aromatic carbocycles. The SMILES string of the molecule is C.C.C.C.C.Cc1ccccc1-c1cc(CC(C)C)cc[n+]1C.Cc1ccccc1-c1ccc(CC(C)C)c[n+]1C.[2H]C(C)(C)c1c[n+](C)c(-c2ccccc2C)cc1C.[2H]C([2H])([2H])c1c[n+](C)c(-c2ccccc2C)cc1C([2H])(C)C.[2H]C([2H])([2H])c1c[n+](C)c(-c2ccccc2C)cc1C([2H])(C)C([2H])([2H])[2H]. The minimum absolute atomic E-state index is 0. The molecule has 1 unspecified atom stereocenters. The fourth-order valence-electron chi connectivity index (χ4n) is 11.4. The average molecular weight is 1290 g/mol. The molecule has 1 atom stereocenters. The van der Waals surface area contributed by atoms with E-state index in [1.807, 2.05) is 93.9 Å². The third-order valence-electron chi connectivity index (χ3n) is 16.3. The van der Waals surface area contributed by atoms with Crippen LogP contribution in [-0.4, -0.2) is 0 Å². The summed E-state index contributed by atoms with van der Waals surface area (Å²) in [5.41, 5.74) is 23.0. The molecule has 0 saturated carbocycles. The summed E-state index contributed by atoms with van der Waals surface area (Å²) < 4.78 is 105. The smallest absolute Gasteiger partial charge is 0.201 e. The van der Waals surface area contributed by atoms with Crippen LogP contribution in [0.2, 0.25) is 0 Å². The maximum atomic E-state index is 8.40. The van der Waals surface area contributed by atoms with E-state index in [0.29, 0.717) is 23.1 Å². The highest BCUT2D eigenvalue weighted by Crippen LogP contribution is 2.29. The van der Waals surface area contributed by atoms with E-state index in [1.54, 1.807) is 31.7 Å². The van der Waals surface area contributed by atoms with Gasteiger partial charge in [-0.2, -0.15) is 0 Å². The van der Waals surface area contributed by atoms with Crippen LogP contribution in [0.4, 0.5) is 0 Å². The molecule has 0 fully saturated rings. The molecular weight excluding hydrogens is 1150 g/mol. The van der Waals surface area contributed by atoms with E-state index in [9.17, 15) is 0 Å². The summed E-state index contributed by atoms with van der Waals surface area (Å²) in [6.07, 6.45) is 11.8. The fourth-order valence-corrected chi connectivity index (χ4v) is 11.4. The van der Waals surface area contributed by atoms with Gasteiger partial charge in [0.05, 0.1) is 0 Å². The van der Waals surface area contributed by atoms with Crippen molar-refractivity contribution in [3.05, 3.63) is 267 Å². The molecule has 0 amide bonds. The monoisotopic (exact) mass is 1290 g/mol. The molecule has 5 heteroatoms. The Morgan fingerprint density at radius 3 is 0.979 bits per heavy atom. The van der Waals surface area contributed by atoms with Crippen molar-refractivity contribution in [2.45, 2.75) is 192 Å². The zero-order chi connectivity index (χ0) is 76.4. The van der Waals surface area contributed by atoms with E-state index in [1.165, 1.54) is 86.3 Å². The van der Waals surface area contributed by atoms with Crippen LogP contribution in [0.25, 0.3) is 56.3 Å². The molecule has 5 aromatic heterocycles. The van der Waals surface area contributed by atoms with Crippen molar-refractivity contribution in [2.75, 3.05) is 0 Å². The molecular formula is C90H130N5+5. The molecule has 0 aliphatic rings. The lowest BCUT2D eigenvalue weighted by molar-refractivity contribution is -0.661. The minimum atomic E-state index is -2.66. The van der Waals surface area contributed by atoms with Gasteiger partial charge in [-0.1, -0.05) is 197 Å². The Morgan fingerprint density at radius 2 is 0.632 bits per heavy atom. The van der Waals surface area contributed by atoms with Crippen molar-refractivity contribution in [3.8, 4) is 56.3 Å². The fraction of sp³-hybridized carbons (Fsp3) is 0.389. The Bertz CT molecular complexity index is 4510. The number of hydrogen-bond donors (Lipinski definition) is 0. The highest BCUT2D eigenvalue weighted by atomic mass is 14.9. The summed E-state index contributed by atoms with van der Waals surface area (Å²) in [6.45, 7) is 22.7. The second kappa shape index (κ2) is 39.7. The van der Waals surface area contributed by atoms with Gasteiger partial charge in [0.2, 0.25) is 28.5 Å². The van der Waals surface area contributed by atoms with Gasteiger partial charge in [-0.15, -0.1) is 0 Å². The molecule has 10 aromatic rings. The molecule has 0 spiro atoms. The highest BCUT2D eigenvalue weighted by Gasteiger charge is 2.21. The number of aryl methyl sites for hydroxylation is 13. The Morgan fingerprint density at radius 1 is 0.305 bits per heavy atom. The summed E-state index contributed by atoms with van der Waals surface area (Å²) >= 11 is 0. The van der Waals surface area contributed by atoms with Crippen LogP contribution in [0, 0.1) is 67.1 Å². The molecule has 10 rings (SSSR count). The Labute approximate surface area is 599 Å². The first-order chi connectivity index (χ1) is 47.2. The maximum absolute atomic E-state index is 8.40. The first kappa shape index (κ1) is 65.5. The first-order valence-corrected chi connectivity index (χ1v) is 31.6. The maximum Gasteiger partial charge on any atom is 0.212 e. The molecule has 0 aliphatic carbocycles. The number of benzene rings is 5. The Kier molecular flexibility index (Phi) is 27.3. The molecule has 5 heterocycles. The van der Waals surface area contributed by atoms with E-state index in [-0.39, 0.29) is 53.8 Å². The van der Waals surface area contributed by atoms with Crippen molar-refractivity contribution in [3.63, 3.8) is 0 Å². The summed E-state index contributed by atoms with van der Waals surface area (Å²) in [5.74, 6) is -2.18. The highest BCUT2D eigenvalue weighted by molar-refractivity contribution is 5.65. The van der Waals surface area contributed by atoms with Crippen LogP contribution < -0.4 is 22.8 Å². The molecule has 5 nitrogen and oxygen atoms in total. The lowest BCUT2D eigenvalue weighted by Crippen LogP contribution is -2.32. The van der Waals surface area contributed by atoms with Gasteiger partial charge in [0.25, 0.3) is 0 Å². The predicted molar refractivity (Wildman–Crippen MR) is 416 cm³/mol. The largest absolute Gasteiger partial charge is 0.212 e. The third-order valence-corrected chi connectivity index (χ3v) is 16.3. The molecule has 510 valence electrons. The minimum Gasteiger partial charge on any atom is -0.201 e. The normalized spacial score (nSPS) is 13.5. The number of hydrogen-bond acceptors (Lipinski definition) is 0. The number of rotatable bonds is 12. The van der Waals surface area contributed by atoms with Gasteiger partial charge >= 0.3 is 0 Å². The summed E-state index contributed by atoms with van der Waals surface area (Å²) in [4.78, 5) is 0. The van der Waals surface area contributed by atoms with Gasteiger partial charge in [0, 0.05) is 103 Å². The van der Waals surface area contributed by atoms with Crippen LogP contribution in [0.3, 0.4) is 0 Å². The topological polar surface area (TPSA) is 19.4 Å². The van der Waals surface area contributed by atoms with E-state index in [4.69, 9.17) is 16.4 Å². The molecule has 0 radical (unpaired) electrons. The quantitative estimate of drug-likeness (QED) is 0.109. The average Bonchev–Trinajstić information content (AvgIpc) is 0.769. The van der Waals surface area contributed by atoms with Crippen LogP contribution >= 0.6 is 0 Å². The third kappa shape index (κ3) is 23.3. The summed E-state index contributed by atoms with van der Waals surface area (Å²) in [7, 11) is 9.86. The van der Waals surface area contributed by atoms with Gasteiger partial charge in [-0.25, -0.2) is 22.8 Å². The molecule has 0 bridgehead atoms. The lowest BCUT2D eigenvalue weighted by Gasteiger charge is -2.11. The van der Waals surface area contributed by atoms with E-state index in [0.717, 1.165) is 46.4 Å². The zero-order valence-electron chi connectivity index (χ0n) is 69.8. The van der Waals surface area contributed by atoms with Crippen LogP contribution in [-0.2, 0) is 48.1 Å². The molecule has 0 saturated heterocycles. The summed E-state index contributed by atoms with van der Waals surface area (Å²) in [5, 5.41) is 0. The lowest BCUT2D eigenvalue weighted by atomic mass is 9.96. The van der Waals surface area contributed by atoms with Crippen molar-refractivity contribution < 1.29 is 39.3 Å². The molecule has 0 aliphatic heterocycles. The predicted octanol–water partition coefficient (Wildman–Crippen LogP) is 22.3. The number of pyridine rings is 5. The van der Waals surface area contributed by atoms with Crippen LogP contribution in [0.15, 0.2) is 195 Å². The number of nitrogens with zero attached hydrogens (tertiary/aromatic N) is 5. The van der Waals surface area contributed by atoms with Gasteiger partial charge in [0.1, 0.15) is 35.2 Å². The second-order valence-electron chi connectivity index (χ2n) is 25.5. The van der Waals surface area contributed by atoms with Crippen molar-refractivity contribution in [2.24, 2.45) is 47.1 Å². The van der Waals surface area contributed by atoms with Gasteiger partial charge in [0.15, 0.2) is 31.0 Å². The standard InChI is InChI=1S/5C17H22N.5CH4/c2*1-12(2)16-10-17(18(5)11-14(16)4)15-9-7-6-8-13(15)3;1-12(2)16-11-18(5)17(10-14(16)4)15-9-7-6-8-13(15)3;1-13(2)11-15-9-10-18(4)17(12-15)16-8-6-5-7-14(16)3;1-13(2)11-15-9-10-17(18(4)12-15)16-8-6-5-7-14(16)3;;;;;/h3*6-12H,1-5H3;2*5-10,12-13H,11H2,1-4H3;5*1H4/q5*+1;;;;;/i1D3,4D3,12D;4D3,12D;12D;;;;;;;. The summed E-state index contributed by atoms with van der Waals surface area (Å²) in [6, 6.07) is 55.7. The van der Waals surface area contributed by atoms with Crippen molar-refractivity contribution >= 4 is 0 Å². The van der Waals surface area contributed by atoms with Gasteiger partial charge < -0.3 is 0 Å². The van der Waals surface area contributed by atoms with Gasteiger partial charge in [-0.05, 0) is 184 Å². The van der Waals surface area contributed by atoms with Crippen LogP contribution in [0.5, 0.6) is 0 Å². The van der Waals surface area contributed by atoms with Gasteiger partial charge in [-0.3, -0.25) is 0 Å². The zero-order valence-corrected chi connectivity index (χ0v) is 57.8. The Hall–Kier alpha value is -8.15. The van der Waals surface area contributed by atoms with Crippen molar-refractivity contribution in [1.29, 1.82) is 0 Å². The van der Waals surface area contributed by atoms with Crippen molar-refractivity contribution in [1.82, 2.24) is 0 Å². The van der Waals surface area contributed by atoms with E-state index < -0.39 is 38.2 Å². The van der Waals surface area contributed by atoms with E-state index >= 15 is 0 Å². The molecule has 95 heavy (non-hydrogen) atoms. The Balaban J connectivity index is 0.000000664. The number of aromatic nitrogens is 5. The first-order valence-electron chi connectivity index (χ1n) is 37.6. The molecule has 0 N–H and O–H groups in total. The van der Waals surface area contributed by atoms with E-state index in [2.05, 4.69) is 212 Å².